The van der Waals surface area contributed by atoms with E-state index >= 15 is 0 Å². The van der Waals surface area contributed by atoms with Crippen LogP contribution < -0.4 is 19.9 Å². The maximum Gasteiger partial charge on any atom is 0.294 e. The van der Waals surface area contributed by atoms with Crippen LogP contribution in [0.5, 0.6) is 5.75 Å². The van der Waals surface area contributed by atoms with Crippen molar-refractivity contribution in [2.75, 3.05) is 36.3 Å². The molecule has 0 fully saturated rings. The van der Waals surface area contributed by atoms with Gasteiger partial charge in [-0.3, -0.25) is 19.3 Å². The van der Waals surface area contributed by atoms with Gasteiger partial charge in [-0.15, -0.1) is 0 Å². The lowest BCUT2D eigenvalue weighted by molar-refractivity contribution is -0.117. The maximum atomic E-state index is 14.0. The summed E-state index contributed by atoms with van der Waals surface area (Å²) in [6.45, 7) is 1.38. The zero-order valence-corrected chi connectivity index (χ0v) is 22.9. The van der Waals surface area contributed by atoms with Gasteiger partial charge in [0.15, 0.2) is 22.9 Å². The number of carbonyl (C=O) groups excluding carboxylic acids is 3. The molecule has 0 bridgehead atoms. The van der Waals surface area contributed by atoms with Gasteiger partial charge in [0.25, 0.3) is 5.91 Å². The first-order valence-electron chi connectivity index (χ1n) is 12.3. The molecule has 4 aromatic rings. The van der Waals surface area contributed by atoms with Crippen LogP contribution in [0.4, 0.5) is 17.1 Å². The lowest BCUT2D eigenvalue weighted by atomic mass is 9.94. The molecule has 1 unspecified atom stereocenters. The number of benzene rings is 3. The van der Waals surface area contributed by atoms with E-state index in [0.717, 1.165) is 5.69 Å². The fourth-order valence-corrected chi connectivity index (χ4v) is 5.01. The van der Waals surface area contributed by atoms with Gasteiger partial charge in [-0.25, -0.2) is 0 Å². The molecule has 0 saturated carbocycles. The number of nitrogens with zero attached hydrogens (tertiary/aromatic N) is 2. The van der Waals surface area contributed by atoms with Crippen LogP contribution in [-0.4, -0.2) is 43.9 Å². The summed E-state index contributed by atoms with van der Waals surface area (Å²) in [5, 5.41) is 14.8. The predicted molar refractivity (Wildman–Crippen MR) is 154 cm³/mol. The standard InChI is InChI=1S/C30H26ClN3O6/c1-16(35)32-20-6-5-7-22(15-20)34-26(17-8-10-21(11-9-17)33(2)3)25(28(37)30(34)38)27(36)23-13-18-12-19(31)14-24(39-4)29(18)40-23/h5-15,26,37H,1-4H3,(H,32,35). The second-order valence-corrected chi connectivity index (χ2v) is 9.96. The van der Waals surface area contributed by atoms with Crippen molar-refractivity contribution in [1.82, 2.24) is 0 Å². The molecule has 40 heavy (non-hydrogen) atoms. The van der Waals surface area contributed by atoms with Crippen molar-refractivity contribution in [3.8, 4) is 5.75 Å². The topological polar surface area (TPSA) is 112 Å². The van der Waals surface area contributed by atoms with Crippen LogP contribution in [0.1, 0.15) is 29.1 Å². The number of hydrogen-bond acceptors (Lipinski definition) is 7. The Balaban J connectivity index is 1.65. The number of ketones is 1. The number of rotatable bonds is 7. The first kappa shape index (κ1) is 26.8. The fraction of sp³-hybridized carbons (Fsp3) is 0.167. The van der Waals surface area contributed by atoms with Crippen molar-refractivity contribution in [3.63, 3.8) is 0 Å². The van der Waals surface area contributed by atoms with Crippen LogP contribution in [0.2, 0.25) is 5.02 Å². The molecule has 3 aromatic carbocycles. The van der Waals surface area contributed by atoms with Gasteiger partial charge in [0, 0.05) is 54.6 Å². The number of furan rings is 1. The van der Waals surface area contributed by atoms with Gasteiger partial charge < -0.3 is 24.5 Å². The number of halogens is 1. The van der Waals surface area contributed by atoms with E-state index in [9.17, 15) is 19.5 Å². The molecule has 1 aliphatic heterocycles. The van der Waals surface area contributed by atoms with E-state index in [0.29, 0.717) is 38.7 Å². The molecule has 0 aliphatic carbocycles. The Kier molecular flexibility index (Phi) is 6.99. The van der Waals surface area contributed by atoms with Crippen molar-refractivity contribution in [1.29, 1.82) is 0 Å². The second kappa shape index (κ2) is 10.4. The number of amides is 2. The Bertz CT molecular complexity index is 1690. The lowest BCUT2D eigenvalue weighted by Gasteiger charge is -2.27. The quantitative estimate of drug-likeness (QED) is 0.271. The normalized spacial score (nSPS) is 15.1. The van der Waals surface area contributed by atoms with E-state index in [-0.39, 0.29) is 17.2 Å². The van der Waals surface area contributed by atoms with E-state index in [1.165, 1.54) is 25.0 Å². The summed E-state index contributed by atoms with van der Waals surface area (Å²) in [6, 6.07) is 17.6. The van der Waals surface area contributed by atoms with Gasteiger partial charge in [0.05, 0.1) is 18.7 Å². The van der Waals surface area contributed by atoms with Crippen LogP contribution in [0.3, 0.4) is 0 Å². The van der Waals surface area contributed by atoms with E-state index in [4.69, 9.17) is 20.8 Å². The Morgan fingerprint density at radius 3 is 2.45 bits per heavy atom. The van der Waals surface area contributed by atoms with E-state index in [2.05, 4.69) is 5.32 Å². The van der Waals surface area contributed by atoms with Gasteiger partial charge in [-0.1, -0.05) is 29.8 Å². The summed E-state index contributed by atoms with van der Waals surface area (Å²) in [5.74, 6) is -2.15. The minimum absolute atomic E-state index is 0.0892. The van der Waals surface area contributed by atoms with Gasteiger partial charge in [-0.05, 0) is 48.0 Å². The van der Waals surface area contributed by atoms with Crippen molar-refractivity contribution >= 4 is 57.2 Å². The summed E-state index contributed by atoms with van der Waals surface area (Å²) in [5.41, 5.74) is 2.51. The third kappa shape index (κ3) is 4.76. The number of fused-ring (bicyclic) bond motifs is 1. The first-order chi connectivity index (χ1) is 19.1. The van der Waals surface area contributed by atoms with Gasteiger partial charge in [-0.2, -0.15) is 0 Å². The minimum atomic E-state index is -0.984. The summed E-state index contributed by atoms with van der Waals surface area (Å²) in [7, 11) is 5.26. The highest BCUT2D eigenvalue weighted by molar-refractivity contribution is 6.31. The molecule has 5 rings (SSSR count). The zero-order valence-electron chi connectivity index (χ0n) is 22.2. The molecule has 0 saturated heterocycles. The van der Waals surface area contributed by atoms with Gasteiger partial charge in [0.1, 0.15) is 0 Å². The summed E-state index contributed by atoms with van der Waals surface area (Å²) in [4.78, 5) is 42.5. The number of hydrogen-bond donors (Lipinski definition) is 2. The average Bonchev–Trinajstić information content (AvgIpc) is 3.46. The zero-order chi connectivity index (χ0) is 28.7. The monoisotopic (exact) mass is 559 g/mol. The Morgan fingerprint density at radius 1 is 1.07 bits per heavy atom. The summed E-state index contributed by atoms with van der Waals surface area (Å²) >= 11 is 6.19. The van der Waals surface area contributed by atoms with Gasteiger partial charge in [0.2, 0.25) is 11.7 Å². The van der Waals surface area contributed by atoms with Crippen LogP contribution in [0, 0.1) is 0 Å². The average molecular weight is 560 g/mol. The number of Topliss-reactive ketones (excluding diaryl/α,β-unsaturated/α-hetero) is 1. The van der Waals surface area contributed by atoms with Gasteiger partial charge >= 0.3 is 0 Å². The van der Waals surface area contributed by atoms with Crippen molar-refractivity contribution in [2.24, 2.45) is 0 Å². The highest BCUT2D eigenvalue weighted by Crippen LogP contribution is 2.43. The summed E-state index contributed by atoms with van der Waals surface area (Å²) in [6.07, 6.45) is 0. The molecule has 2 N–H and O–H groups in total. The van der Waals surface area contributed by atoms with Crippen LogP contribution >= 0.6 is 11.6 Å². The Labute approximate surface area is 235 Å². The lowest BCUT2D eigenvalue weighted by Crippen LogP contribution is -2.31. The molecular formula is C30H26ClN3O6. The number of aliphatic hydroxyl groups excluding tert-OH is 1. The van der Waals surface area contributed by atoms with Crippen molar-refractivity contribution in [2.45, 2.75) is 13.0 Å². The molecule has 1 atom stereocenters. The number of nitrogens with one attached hydrogen (secondary N) is 1. The maximum absolute atomic E-state index is 14.0. The smallest absolute Gasteiger partial charge is 0.294 e. The molecule has 1 aromatic heterocycles. The third-order valence-electron chi connectivity index (χ3n) is 6.61. The predicted octanol–water partition coefficient (Wildman–Crippen LogP) is 5.90. The molecule has 0 radical (unpaired) electrons. The molecule has 204 valence electrons. The molecule has 2 amide bonds. The number of ether oxygens (including phenoxy) is 1. The second-order valence-electron chi connectivity index (χ2n) is 9.52. The number of carbonyl (C=O) groups is 3. The van der Waals surface area contributed by atoms with E-state index in [1.54, 1.807) is 48.5 Å². The number of methoxy groups -OCH3 is 1. The number of aliphatic hydroxyl groups is 1. The highest BCUT2D eigenvalue weighted by Gasteiger charge is 2.45. The highest BCUT2D eigenvalue weighted by atomic mass is 35.5. The third-order valence-corrected chi connectivity index (χ3v) is 6.83. The molecule has 1 aliphatic rings. The number of anilines is 3. The van der Waals surface area contributed by atoms with Crippen LogP contribution in [0.25, 0.3) is 11.0 Å². The largest absolute Gasteiger partial charge is 0.503 e. The Hall–Kier alpha value is -4.76. The van der Waals surface area contributed by atoms with Crippen molar-refractivity contribution in [3.05, 3.63) is 94.4 Å². The molecule has 2 heterocycles. The SMILES string of the molecule is COc1cc(Cl)cc2cc(C(=O)C3=C(O)C(=O)N(c4cccc(NC(C)=O)c4)C3c3ccc(N(C)C)cc3)oc12. The van der Waals surface area contributed by atoms with E-state index in [1.807, 2.05) is 31.1 Å². The van der Waals surface area contributed by atoms with Crippen LogP contribution in [0.15, 0.2) is 82.5 Å². The summed E-state index contributed by atoms with van der Waals surface area (Å²) < 4.78 is 11.2. The first-order valence-corrected chi connectivity index (χ1v) is 12.7. The molecule has 9 nitrogen and oxygen atoms in total. The van der Waals surface area contributed by atoms with E-state index < -0.39 is 23.5 Å². The fourth-order valence-electron chi connectivity index (χ4n) is 4.79. The Morgan fingerprint density at radius 2 is 1.80 bits per heavy atom. The van der Waals surface area contributed by atoms with Crippen molar-refractivity contribution < 1.29 is 28.6 Å². The molecule has 0 spiro atoms. The molecule has 10 heteroatoms. The minimum Gasteiger partial charge on any atom is -0.503 e. The molecular weight excluding hydrogens is 534 g/mol. The van der Waals surface area contributed by atoms with Crippen LogP contribution in [-0.2, 0) is 9.59 Å².